The van der Waals surface area contributed by atoms with Crippen LogP contribution < -0.4 is 5.32 Å². The number of hydrogen-bond acceptors (Lipinski definition) is 7. The molecule has 9 heteroatoms. The van der Waals surface area contributed by atoms with Crippen LogP contribution in [0.1, 0.15) is 15.9 Å². The van der Waals surface area contributed by atoms with Gasteiger partial charge in [0.05, 0.1) is 17.6 Å². The third-order valence-electron chi connectivity index (χ3n) is 3.43. The van der Waals surface area contributed by atoms with E-state index in [9.17, 15) is 24.5 Å². The molecule has 144 valence electrons. The Bertz CT molecular complexity index is 920. The number of anilines is 1. The molecule has 0 aliphatic rings. The zero-order valence-corrected chi connectivity index (χ0v) is 14.8. The predicted octanol–water partition coefficient (Wildman–Crippen LogP) is 2.58. The number of nitrogens with zero attached hydrogens (tertiary/aromatic N) is 1. The summed E-state index contributed by atoms with van der Waals surface area (Å²) in [5.41, 5.74) is 1.09. The molecular formula is C19H16N2O7. The highest BCUT2D eigenvalue weighted by atomic mass is 16.6. The number of non-ortho nitro benzene ring substituents is 1. The molecule has 1 amide bonds. The zero-order valence-electron chi connectivity index (χ0n) is 14.8. The van der Waals surface area contributed by atoms with E-state index in [1.165, 1.54) is 55.7 Å². The summed E-state index contributed by atoms with van der Waals surface area (Å²) in [6.07, 6.45) is 2.41. The lowest BCUT2D eigenvalue weighted by molar-refractivity contribution is -0.384. The van der Waals surface area contributed by atoms with E-state index < -0.39 is 29.4 Å². The predicted molar refractivity (Wildman–Crippen MR) is 99.5 cm³/mol. The lowest BCUT2D eigenvalue weighted by Crippen LogP contribution is -2.20. The molecule has 2 aromatic rings. The van der Waals surface area contributed by atoms with E-state index >= 15 is 0 Å². The molecule has 0 saturated heterocycles. The fourth-order valence-electron chi connectivity index (χ4n) is 2.10. The summed E-state index contributed by atoms with van der Waals surface area (Å²) in [4.78, 5) is 45.0. The quantitative estimate of drug-likeness (QED) is 0.337. The molecular weight excluding hydrogens is 368 g/mol. The molecule has 0 fully saturated rings. The van der Waals surface area contributed by atoms with Crippen molar-refractivity contribution in [1.29, 1.82) is 0 Å². The number of nitro groups is 1. The van der Waals surface area contributed by atoms with Crippen molar-refractivity contribution in [3.05, 3.63) is 75.8 Å². The van der Waals surface area contributed by atoms with Crippen LogP contribution in [0.15, 0.2) is 54.6 Å². The smallest absolute Gasteiger partial charge is 0.337 e. The van der Waals surface area contributed by atoms with E-state index in [0.29, 0.717) is 16.8 Å². The fraction of sp³-hybridized carbons (Fsp3) is 0.105. The number of methoxy groups -OCH3 is 1. The Labute approximate surface area is 159 Å². The Balaban J connectivity index is 1.83. The molecule has 0 aliphatic heterocycles. The van der Waals surface area contributed by atoms with Crippen LogP contribution in [0, 0.1) is 10.1 Å². The van der Waals surface area contributed by atoms with Crippen LogP contribution in [0.2, 0.25) is 0 Å². The molecule has 0 spiro atoms. The standard InChI is InChI=1S/C19H16N2O7/c1-27-19(24)14-6-8-15(9-7-14)20-17(22)12-28-18(23)10-5-13-3-2-4-16(11-13)21(25)26/h2-11H,12H2,1H3,(H,20,22)/b10-5+. The number of nitro benzene ring substituents is 1. The molecule has 2 aromatic carbocycles. The van der Waals surface area contributed by atoms with E-state index in [2.05, 4.69) is 10.1 Å². The number of benzene rings is 2. The summed E-state index contributed by atoms with van der Waals surface area (Å²) in [5, 5.41) is 13.2. The minimum atomic E-state index is -0.775. The lowest BCUT2D eigenvalue weighted by atomic mass is 10.2. The highest BCUT2D eigenvalue weighted by Gasteiger charge is 2.08. The van der Waals surface area contributed by atoms with Gasteiger partial charge in [0.1, 0.15) is 0 Å². The summed E-state index contributed by atoms with van der Waals surface area (Å²) in [6, 6.07) is 11.7. The number of esters is 2. The molecule has 0 aliphatic carbocycles. The largest absolute Gasteiger partial charge is 0.465 e. The SMILES string of the molecule is COC(=O)c1ccc(NC(=O)COC(=O)/C=C/c2cccc([N+](=O)[O-])c2)cc1. The third-order valence-corrected chi connectivity index (χ3v) is 3.43. The van der Waals surface area contributed by atoms with Gasteiger partial charge >= 0.3 is 11.9 Å². The topological polar surface area (TPSA) is 125 Å². The maximum Gasteiger partial charge on any atom is 0.337 e. The summed E-state index contributed by atoms with van der Waals surface area (Å²) < 4.78 is 9.38. The van der Waals surface area contributed by atoms with Gasteiger partial charge < -0.3 is 14.8 Å². The normalized spacial score (nSPS) is 10.3. The third kappa shape index (κ3) is 6.06. The Morgan fingerprint density at radius 1 is 1.14 bits per heavy atom. The average Bonchev–Trinajstić information content (AvgIpc) is 2.71. The van der Waals surface area contributed by atoms with Gasteiger partial charge in [0.25, 0.3) is 11.6 Å². The molecule has 1 N–H and O–H groups in total. The maximum absolute atomic E-state index is 11.8. The van der Waals surface area contributed by atoms with Gasteiger partial charge in [0, 0.05) is 23.9 Å². The van der Waals surface area contributed by atoms with Crippen molar-refractivity contribution in [2.24, 2.45) is 0 Å². The molecule has 0 atom stereocenters. The molecule has 0 unspecified atom stereocenters. The molecule has 9 nitrogen and oxygen atoms in total. The summed E-state index contributed by atoms with van der Waals surface area (Å²) >= 11 is 0. The van der Waals surface area contributed by atoms with E-state index in [-0.39, 0.29) is 5.69 Å². The number of rotatable bonds is 7. The van der Waals surface area contributed by atoms with Crippen molar-refractivity contribution in [3.8, 4) is 0 Å². The summed E-state index contributed by atoms with van der Waals surface area (Å²) in [5.74, 6) is -1.84. The van der Waals surface area contributed by atoms with Gasteiger partial charge in [-0.2, -0.15) is 0 Å². The molecule has 0 heterocycles. The number of hydrogen-bond donors (Lipinski definition) is 1. The van der Waals surface area contributed by atoms with Crippen LogP contribution in [0.4, 0.5) is 11.4 Å². The molecule has 0 radical (unpaired) electrons. The molecule has 2 rings (SSSR count). The van der Waals surface area contributed by atoms with Crippen molar-refractivity contribution in [1.82, 2.24) is 0 Å². The van der Waals surface area contributed by atoms with Gasteiger partial charge in [-0.05, 0) is 35.9 Å². The lowest BCUT2D eigenvalue weighted by Gasteiger charge is -2.06. The minimum absolute atomic E-state index is 0.104. The minimum Gasteiger partial charge on any atom is -0.465 e. The van der Waals surface area contributed by atoms with E-state index in [4.69, 9.17) is 4.74 Å². The molecule has 0 aromatic heterocycles. The second kappa shape index (κ2) is 9.62. The van der Waals surface area contributed by atoms with Gasteiger partial charge in [-0.1, -0.05) is 12.1 Å². The first-order chi connectivity index (χ1) is 13.4. The summed E-state index contributed by atoms with van der Waals surface area (Å²) in [7, 11) is 1.26. The Hall–Kier alpha value is -4.01. The zero-order chi connectivity index (χ0) is 20.5. The number of amides is 1. The van der Waals surface area contributed by atoms with Crippen LogP contribution in [-0.4, -0.2) is 36.5 Å². The number of carbonyl (C=O) groups excluding carboxylic acids is 3. The second-order valence-corrected chi connectivity index (χ2v) is 5.41. The molecule has 28 heavy (non-hydrogen) atoms. The Morgan fingerprint density at radius 2 is 1.86 bits per heavy atom. The van der Waals surface area contributed by atoms with Gasteiger partial charge in [0.2, 0.25) is 0 Å². The highest BCUT2D eigenvalue weighted by molar-refractivity contribution is 5.95. The fourth-order valence-corrected chi connectivity index (χ4v) is 2.10. The van der Waals surface area contributed by atoms with Crippen molar-refractivity contribution in [2.75, 3.05) is 19.0 Å². The van der Waals surface area contributed by atoms with Crippen molar-refractivity contribution in [3.63, 3.8) is 0 Å². The van der Waals surface area contributed by atoms with Crippen LogP contribution >= 0.6 is 0 Å². The first-order valence-electron chi connectivity index (χ1n) is 7.96. The Kier molecular flexibility index (Phi) is 6.98. The number of carbonyl (C=O) groups is 3. The molecule has 0 saturated carbocycles. The van der Waals surface area contributed by atoms with Gasteiger partial charge in [0.15, 0.2) is 6.61 Å². The number of ether oxygens (including phenoxy) is 2. The van der Waals surface area contributed by atoms with Gasteiger partial charge in [-0.15, -0.1) is 0 Å². The van der Waals surface area contributed by atoms with E-state index in [0.717, 1.165) is 6.08 Å². The number of nitrogens with one attached hydrogen (secondary N) is 1. The van der Waals surface area contributed by atoms with Gasteiger partial charge in [-0.3, -0.25) is 14.9 Å². The highest BCUT2D eigenvalue weighted by Crippen LogP contribution is 2.14. The first kappa shape index (κ1) is 20.3. The van der Waals surface area contributed by atoms with Crippen LogP contribution in [0.3, 0.4) is 0 Å². The monoisotopic (exact) mass is 384 g/mol. The second-order valence-electron chi connectivity index (χ2n) is 5.41. The van der Waals surface area contributed by atoms with Crippen LogP contribution in [-0.2, 0) is 19.1 Å². The van der Waals surface area contributed by atoms with Crippen molar-refractivity contribution in [2.45, 2.75) is 0 Å². The first-order valence-corrected chi connectivity index (χ1v) is 7.96. The van der Waals surface area contributed by atoms with E-state index in [1.807, 2.05) is 0 Å². The van der Waals surface area contributed by atoms with Crippen LogP contribution in [0.5, 0.6) is 0 Å². The van der Waals surface area contributed by atoms with E-state index in [1.54, 1.807) is 6.07 Å². The molecule has 0 bridgehead atoms. The van der Waals surface area contributed by atoms with Crippen molar-refractivity contribution < 1.29 is 28.8 Å². The van der Waals surface area contributed by atoms with Crippen molar-refractivity contribution >= 4 is 35.3 Å². The van der Waals surface area contributed by atoms with Crippen LogP contribution in [0.25, 0.3) is 6.08 Å². The average molecular weight is 384 g/mol. The maximum atomic E-state index is 11.8. The summed E-state index contributed by atoms with van der Waals surface area (Å²) in [6.45, 7) is -0.517. The van der Waals surface area contributed by atoms with Gasteiger partial charge in [-0.25, -0.2) is 9.59 Å². The Morgan fingerprint density at radius 3 is 2.50 bits per heavy atom.